The van der Waals surface area contributed by atoms with Gasteiger partial charge >= 0.3 is 0 Å². The van der Waals surface area contributed by atoms with Gasteiger partial charge in [-0.05, 0) is 52.4 Å². The number of nitrogens with zero attached hydrogens (tertiary/aromatic N) is 1. The summed E-state index contributed by atoms with van der Waals surface area (Å²) in [4.78, 5) is 26.2. The van der Waals surface area contributed by atoms with Crippen LogP contribution in [-0.4, -0.2) is 48.9 Å². The Labute approximate surface area is 145 Å². The molecule has 1 heterocycles. The Morgan fingerprint density at radius 1 is 1.29 bits per heavy atom. The number of hydrogen-bond acceptors (Lipinski definition) is 4. The molecule has 1 atom stereocenters. The molecule has 1 aromatic rings. The Hall–Kier alpha value is -1.82. The summed E-state index contributed by atoms with van der Waals surface area (Å²) in [5, 5.41) is 5.72. The number of aryl methyl sites for hydroxylation is 1. The van der Waals surface area contributed by atoms with Gasteiger partial charge in [0.15, 0.2) is 0 Å². The van der Waals surface area contributed by atoms with Crippen molar-refractivity contribution in [2.75, 3.05) is 26.2 Å². The molecule has 0 saturated carbocycles. The second-order valence-corrected chi connectivity index (χ2v) is 6.03. The van der Waals surface area contributed by atoms with Gasteiger partial charge in [-0.1, -0.05) is 13.8 Å². The van der Waals surface area contributed by atoms with E-state index >= 15 is 0 Å². The molecule has 0 fully saturated rings. The number of carbonyl (C=O) groups excluding carboxylic acids is 2. The van der Waals surface area contributed by atoms with E-state index in [1.807, 2.05) is 6.92 Å². The topological polar surface area (TPSA) is 74.6 Å². The van der Waals surface area contributed by atoms with Crippen molar-refractivity contribution >= 4 is 11.8 Å². The summed E-state index contributed by atoms with van der Waals surface area (Å²) < 4.78 is 5.09. The van der Waals surface area contributed by atoms with E-state index in [-0.39, 0.29) is 24.3 Å². The van der Waals surface area contributed by atoms with Gasteiger partial charge in [0.2, 0.25) is 5.91 Å². The summed E-state index contributed by atoms with van der Waals surface area (Å²) in [6, 6.07) is 1.78. The molecule has 24 heavy (non-hydrogen) atoms. The number of carbonyl (C=O) groups is 2. The predicted octanol–water partition coefficient (Wildman–Crippen LogP) is 2.33. The Morgan fingerprint density at radius 3 is 2.58 bits per heavy atom. The maximum Gasteiger partial charge on any atom is 0.254 e. The average molecular weight is 337 g/mol. The minimum atomic E-state index is -0.207. The third-order valence-corrected chi connectivity index (χ3v) is 4.15. The van der Waals surface area contributed by atoms with E-state index < -0.39 is 0 Å². The van der Waals surface area contributed by atoms with E-state index in [0.717, 1.165) is 32.5 Å². The van der Waals surface area contributed by atoms with Gasteiger partial charge in [-0.2, -0.15) is 0 Å². The summed E-state index contributed by atoms with van der Waals surface area (Å²) in [5.41, 5.74) is 0.514. The van der Waals surface area contributed by atoms with E-state index in [1.165, 1.54) is 6.26 Å². The first kappa shape index (κ1) is 20.2. The Balaban J connectivity index is 2.17. The lowest BCUT2D eigenvalue weighted by Gasteiger charge is -2.19. The van der Waals surface area contributed by atoms with Crippen molar-refractivity contribution in [2.45, 2.75) is 53.0 Å². The zero-order valence-electron chi connectivity index (χ0n) is 15.4. The number of hydrogen-bond donors (Lipinski definition) is 2. The first-order valence-corrected chi connectivity index (χ1v) is 8.81. The lowest BCUT2D eigenvalue weighted by molar-refractivity contribution is -0.121. The average Bonchev–Trinajstić information content (AvgIpc) is 2.97. The summed E-state index contributed by atoms with van der Waals surface area (Å²) >= 11 is 0. The normalized spacial score (nSPS) is 12.2. The summed E-state index contributed by atoms with van der Waals surface area (Å²) in [5.74, 6) is 0.342. The van der Waals surface area contributed by atoms with Crippen molar-refractivity contribution in [2.24, 2.45) is 0 Å². The molecule has 0 saturated heterocycles. The molecule has 0 bridgehead atoms. The van der Waals surface area contributed by atoms with Gasteiger partial charge in [0.25, 0.3) is 5.91 Å². The van der Waals surface area contributed by atoms with Gasteiger partial charge in [0.05, 0.1) is 11.8 Å². The van der Waals surface area contributed by atoms with Crippen LogP contribution in [-0.2, 0) is 4.79 Å². The Bertz CT molecular complexity index is 509. The van der Waals surface area contributed by atoms with Crippen LogP contribution < -0.4 is 10.6 Å². The summed E-state index contributed by atoms with van der Waals surface area (Å²) in [6.45, 7) is 11.6. The van der Waals surface area contributed by atoms with Crippen LogP contribution in [0.15, 0.2) is 16.7 Å². The monoisotopic (exact) mass is 337 g/mol. The number of amides is 2. The van der Waals surface area contributed by atoms with Crippen LogP contribution in [0, 0.1) is 6.92 Å². The highest BCUT2D eigenvalue weighted by Crippen LogP contribution is 2.08. The first-order chi connectivity index (χ1) is 11.5. The van der Waals surface area contributed by atoms with E-state index in [9.17, 15) is 9.59 Å². The van der Waals surface area contributed by atoms with Gasteiger partial charge in [0, 0.05) is 19.0 Å². The maximum atomic E-state index is 11.9. The van der Waals surface area contributed by atoms with Gasteiger partial charge in [-0.15, -0.1) is 0 Å². The molecule has 1 rings (SSSR count). The van der Waals surface area contributed by atoms with Gasteiger partial charge in [0.1, 0.15) is 5.76 Å². The second-order valence-electron chi connectivity index (χ2n) is 6.03. The maximum absolute atomic E-state index is 11.9. The molecule has 0 radical (unpaired) electrons. The van der Waals surface area contributed by atoms with Crippen molar-refractivity contribution in [3.05, 3.63) is 23.7 Å². The molecule has 6 nitrogen and oxygen atoms in total. The molecule has 0 aromatic carbocycles. The molecule has 6 heteroatoms. The molecule has 2 amide bonds. The number of furan rings is 1. The standard InChI is InChI=1S/C18H31N3O3/c1-5-21(6-2)12-7-8-14(3)20-17(22)9-11-19-18(23)16-10-13-24-15(16)4/h10,13-14H,5-9,11-12H2,1-4H3,(H,19,23)(H,20,22). The second kappa shape index (κ2) is 10.9. The molecule has 2 N–H and O–H groups in total. The van der Waals surface area contributed by atoms with Crippen LogP contribution in [0.4, 0.5) is 0 Å². The quantitative estimate of drug-likeness (QED) is 0.650. The fourth-order valence-corrected chi connectivity index (χ4v) is 2.59. The van der Waals surface area contributed by atoms with Crippen LogP contribution >= 0.6 is 0 Å². The Kier molecular flexibility index (Phi) is 9.15. The lowest BCUT2D eigenvalue weighted by Crippen LogP contribution is -2.36. The highest BCUT2D eigenvalue weighted by molar-refractivity contribution is 5.95. The molecule has 1 aromatic heterocycles. The zero-order valence-corrected chi connectivity index (χ0v) is 15.4. The molecule has 0 aliphatic carbocycles. The molecule has 0 aliphatic rings. The molecule has 0 spiro atoms. The van der Waals surface area contributed by atoms with Gasteiger partial charge in [-0.25, -0.2) is 0 Å². The van der Waals surface area contributed by atoms with Gasteiger partial charge < -0.3 is 20.0 Å². The van der Waals surface area contributed by atoms with Crippen molar-refractivity contribution in [3.63, 3.8) is 0 Å². The molecule has 136 valence electrons. The van der Waals surface area contributed by atoms with E-state index in [4.69, 9.17) is 4.42 Å². The predicted molar refractivity (Wildman–Crippen MR) is 95.0 cm³/mol. The third-order valence-electron chi connectivity index (χ3n) is 4.15. The van der Waals surface area contributed by atoms with Crippen LogP contribution in [0.1, 0.15) is 56.2 Å². The van der Waals surface area contributed by atoms with Crippen LogP contribution in [0.3, 0.4) is 0 Å². The summed E-state index contributed by atoms with van der Waals surface area (Å²) in [6.07, 6.45) is 3.79. The van der Waals surface area contributed by atoms with Gasteiger partial charge in [-0.3, -0.25) is 9.59 Å². The first-order valence-electron chi connectivity index (χ1n) is 8.81. The molecular formula is C18H31N3O3. The van der Waals surface area contributed by atoms with Crippen LogP contribution in [0.5, 0.6) is 0 Å². The summed E-state index contributed by atoms with van der Waals surface area (Å²) in [7, 11) is 0. The van der Waals surface area contributed by atoms with Crippen molar-refractivity contribution < 1.29 is 14.0 Å². The smallest absolute Gasteiger partial charge is 0.254 e. The van der Waals surface area contributed by atoms with Crippen molar-refractivity contribution in [1.82, 2.24) is 15.5 Å². The molecule has 1 unspecified atom stereocenters. The van der Waals surface area contributed by atoms with E-state index in [0.29, 0.717) is 17.9 Å². The Morgan fingerprint density at radius 2 is 2.00 bits per heavy atom. The fraction of sp³-hybridized carbons (Fsp3) is 0.667. The third kappa shape index (κ3) is 7.17. The SMILES string of the molecule is CCN(CC)CCCC(C)NC(=O)CCNC(=O)c1ccoc1C. The zero-order chi connectivity index (χ0) is 17.9. The van der Waals surface area contributed by atoms with E-state index in [1.54, 1.807) is 13.0 Å². The molecular weight excluding hydrogens is 306 g/mol. The number of rotatable bonds is 11. The van der Waals surface area contributed by atoms with Crippen LogP contribution in [0.25, 0.3) is 0 Å². The molecule has 0 aliphatic heterocycles. The van der Waals surface area contributed by atoms with Crippen molar-refractivity contribution in [1.29, 1.82) is 0 Å². The minimum absolute atomic E-state index is 0.0328. The van der Waals surface area contributed by atoms with Crippen LogP contribution in [0.2, 0.25) is 0 Å². The van der Waals surface area contributed by atoms with E-state index in [2.05, 4.69) is 29.4 Å². The highest BCUT2D eigenvalue weighted by atomic mass is 16.3. The highest BCUT2D eigenvalue weighted by Gasteiger charge is 2.12. The number of nitrogens with one attached hydrogen (secondary N) is 2. The fourth-order valence-electron chi connectivity index (χ4n) is 2.59. The largest absolute Gasteiger partial charge is 0.469 e. The lowest BCUT2D eigenvalue weighted by atomic mass is 10.1. The minimum Gasteiger partial charge on any atom is -0.469 e. The van der Waals surface area contributed by atoms with Crippen molar-refractivity contribution in [3.8, 4) is 0 Å².